The van der Waals surface area contributed by atoms with E-state index in [9.17, 15) is 13.6 Å². The summed E-state index contributed by atoms with van der Waals surface area (Å²) in [4.78, 5) is 24.1. The highest BCUT2D eigenvalue weighted by atomic mass is 19.3. The summed E-state index contributed by atoms with van der Waals surface area (Å²) >= 11 is 0. The van der Waals surface area contributed by atoms with E-state index in [1.54, 1.807) is 17.9 Å². The number of nitrogens with zero attached hydrogens (tertiary/aromatic N) is 4. The maximum absolute atomic E-state index is 13.5. The Bertz CT molecular complexity index is 1010. The van der Waals surface area contributed by atoms with E-state index in [0.717, 1.165) is 12.8 Å². The average Bonchev–Trinajstić information content (AvgIpc) is 3.08. The van der Waals surface area contributed by atoms with Gasteiger partial charge < -0.3 is 4.98 Å². The van der Waals surface area contributed by atoms with Crippen LogP contribution >= 0.6 is 0 Å². The van der Waals surface area contributed by atoms with Crippen molar-refractivity contribution in [1.29, 1.82) is 0 Å². The summed E-state index contributed by atoms with van der Waals surface area (Å²) in [6.07, 6.45) is 13.5. The smallest absolute Gasteiger partial charge is 0.262 e. The van der Waals surface area contributed by atoms with Crippen molar-refractivity contribution in [3.63, 3.8) is 0 Å². The van der Waals surface area contributed by atoms with Gasteiger partial charge in [0, 0.05) is 32.0 Å². The fraction of sp³-hybridized carbons (Fsp3) is 0.524. The molecule has 154 valence electrons. The number of allylic oxidation sites excluding steroid dienone is 4. The number of fused-ring (bicyclic) bond motifs is 1. The van der Waals surface area contributed by atoms with E-state index < -0.39 is 5.92 Å². The van der Waals surface area contributed by atoms with Crippen LogP contribution in [-0.4, -0.2) is 38.9 Å². The highest BCUT2D eigenvalue weighted by Crippen LogP contribution is 2.42. The van der Waals surface area contributed by atoms with E-state index in [4.69, 9.17) is 4.98 Å². The Balaban J connectivity index is 1.58. The van der Waals surface area contributed by atoms with E-state index in [1.165, 1.54) is 6.20 Å². The summed E-state index contributed by atoms with van der Waals surface area (Å²) in [7, 11) is 1.72. The first-order valence-corrected chi connectivity index (χ1v) is 10.1. The van der Waals surface area contributed by atoms with E-state index in [-0.39, 0.29) is 30.4 Å². The zero-order valence-corrected chi connectivity index (χ0v) is 16.4. The molecule has 2 heterocycles. The van der Waals surface area contributed by atoms with Gasteiger partial charge in [0.05, 0.1) is 12.2 Å². The summed E-state index contributed by atoms with van der Waals surface area (Å²) in [5, 5.41) is 4.74. The molecule has 2 aliphatic rings. The lowest BCUT2D eigenvalue weighted by atomic mass is 9.73. The van der Waals surface area contributed by atoms with Crippen LogP contribution in [0.25, 0.3) is 11.0 Å². The Morgan fingerprint density at radius 1 is 1.21 bits per heavy atom. The first-order valence-electron chi connectivity index (χ1n) is 10.1. The Morgan fingerprint density at radius 2 is 2.00 bits per heavy atom. The monoisotopic (exact) mass is 401 g/mol. The number of halogens is 2. The van der Waals surface area contributed by atoms with Crippen molar-refractivity contribution in [3.8, 4) is 0 Å². The summed E-state index contributed by atoms with van der Waals surface area (Å²) < 4.78 is 28.7. The summed E-state index contributed by atoms with van der Waals surface area (Å²) in [5.41, 5.74) is 0.290. The zero-order valence-electron chi connectivity index (χ0n) is 16.4. The third-order valence-corrected chi connectivity index (χ3v) is 6.01. The lowest BCUT2D eigenvalue weighted by Gasteiger charge is -2.33. The predicted molar refractivity (Wildman–Crippen MR) is 109 cm³/mol. The van der Waals surface area contributed by atoms with E-state index >= 15 is 0 Å². The first-order chi connectivity index (χ1) is 14.0. The number of H-pyrrole nitrogens is 1. The lowest BCUT2D eigenvalue weighted by molar-refractivity contribution is -0.0446. The number of rotatable bonds is 5. The van der Waals surface area contributed by atoms with Crippen LogP contribution < -0.4 is 5.56 Å². The number of aliphatic imine (C=N–C) groups is 1. The predicted octanol–water partition coefficient (Wildman–Crippen LogP) is 4.18. The molecule has 0 spiro atoms. The van der Waals surface area contributed by atoms with Crippen molar-refractivity contribution < 1.29 is 8.78 Å². The number of alkyl halides is 2. The highest BCUT2D eigenvalue weighted by molar-refractivity contribution is 5.73. The minimum atomic E-state index is -2.60. The number of aromatic nitrogens is 4. The Morgan fingerprint density at radius 3 is 2.69 bits per heavy atom. The molecule has 2 atom stereocenters. The molecule has 29 heavy (non-hydrogen) atoms. The van der Waals surface area contributed by atoms with Gasteiger partial charge >= 0.3 is 0 Å². The van der Waals surface area contributed by atoms with E-state index in [2.05, 4.69) is 21.2 Å². The topological polar surface area (TPSA) is 75.9 Å². The SMILES string of the molecule is C\N=C/C=C\C=C\[C@@H]1CC[C@H]1c1nc2c(cnn2C2CCC(F)(F)CC2)c(=O)[nH]1. The molecule has 0 amide bonds. The molecule has 2 aromatic heterocycles. The van der Waals surface area contributed by atoms with Crippen LogP contribution in [0.4, 0.5) is 8.78 Å². The van der Waals surface area contributed by atoms with Gasteiger partial charge in [-0.25, -0.2) is 18.4 Å². The number of hydrogen-bond donors (Lipinski definition) is 1. The largest absolute Gasteiger partial charge is 0.310 e. The van der Waals surface area contributed by atoms with Crippen LogP contribution in [-0.2, 0) is 0 Å². The number of nitrogens with one attached hydrogen (secondary N) is 1. The van der Waals surface area contributed by atoms with Crippen molar-refractivity contribution in [1.82, 2.24) is 19.7 Å². The van der Waals surface area contributed by atoms with Gasteiger partial charge in [0.25, 0.3) is 5.56 Å². The normalized spacial score (nSPS) is 25.5. The van der Waals surface area contributed by atoms with E-state index in [0.29, 0.717) is 35.6 Å². The van der Waals surface area contributed by atoms with Crippen molar-refractivity contribution >= 4 is 17.2 Å². The van der Waals surface area contributed by atoms with Gasteiger partial charge in [-0.15, -0.1) is 0 Å². The summed E-state index contributed by atoms with van der Waals surface area (Å²) in [6, 6.07) is -0.142. The summed E-state index contributed by atoms with van der Waals surface area (Å²) in [6.45, 7) is 0. The lowest BCUT2D eigenvalue weighted by Crippen LogP contribution is -2.28. The molecule has 2 aliphatic carbocycles. The Hall–Kier alpha value is -2.64. The van der Waals surface area contributed by atoms with Crippen LogP contribution in [0.5, 0.6) is 0 Å². The molecule has 0 unspecified atom stereocenters. The van der Waals surface area contributed by atoms with Crippen molar-refractivity contribution in [2.24, 2.45) is 10.9 Å². The Labute approximate surface area is 167 Å². The van der Waals surface area contributed by atoms with E-state index in [1.807, 2.05) is 18.2 Å². The fourth-order valence-electron chi connectivity index (χ4n) is 4.17. The van der Waals surface area contributed by atoms with Gasteiger partial charge in [0.15, 0.2) is 5.65 Å². The van der Waals surface area contributed by atoms with Gasteiger partial charge in [-0.05, 0) is 37.7 Å². The van der Waals surface area contributed by atoms with Gasteiger partial charge in [-0.3, -0.25) is 9.79 Å². The Kier molecular flexibility index (Phi) is 5.43. The molecular formula is C21H25F2N5O. The number of aromatic amines is 1. The third-order valence-electron chi connectivity index (χ3n) is 6.01. The third kappa shape index (κ3) is 4.06. The molecule has 2 aromatic rings. The van der Waals surface area contributed by atoms with Crippen molar-refractivity contribution in [3.05, 3.63) is 46.7 Å². The van der Waals surface area contributed by atoms with Crippen LogP contribution in [0.2, 0.25) is 0 Å². The zero-order chi connectivity index (χ0) is 20.4. The second kappa shape index (κ2) is 8.00. The maximum Gasteiger partial charge on any atom is 0.262 e. The molecule has 6 nitrogen and oxygen atoms in total. The molecule has 2 fully saturated rings. The van der Waals surface area contributed by atoms with Crippen LogP contribution in [0, 0.1) is 5.92 Å². The molecule has 0 aromatic carbocycles. The van der Waals surface area contributed by atoms with Crippen LogP contribution in [0.15, 0.2) is 40.3 Å². The molecule has 0 bridgehead atoms. The minimum absolute atomic E-state index is 0.142. The molecule has 1 N–H and O–H groups in total. The van der Waals surface area contributed by atoms with Crippen molar-refractivity contribution in [2.75, 3.05) is 7.05 Å². The first kappa shape index (κ1) is 19.7. The number of hydrogen-bond acceptors (Lipinski definition) is 4. The fourth-order valence-corrected chi connectivity index (χ4v) is 4.17. The molecular weight excluding hydrogens is 376 g/mol. The molecule has 0 saturated heterocycles. The van der Waals surface area contributed by atoms with Gasteiger partial charge in [0.2, 0.25) is 5.92 Å². The summed E-state index contributed by atoms with van der Waals surface area (Å²) in [5.74, 6) is -1.48. The molecule has 0 radical (unpaired) electrons. The molecule has 2 saturated carbocycles. The quantitative estimate of drug-likeness (QED) is 0.603. The highest BCUT2D eigenvalue weighted by Gasteiger charge is 2.37. The standard InChI is InChI=1S/C21H25F2N5O/c1-24-12-4-2-3-5-14-6-7-16(14)18-26-19-17(20(29)27-18)13-25-28(19)15-8-10-21(22,23)11-9-15/h2-5,12-16H,6-11H2,1H3,(H,26,27,29)/b4-2-,5-3+,24-12-/t14-,16-/m1/s1. The van der Waals surface area contributed by atoms with Crippen LogP contribution in [0.1, 0.15) is 56.3 Å². The maximum atomic E-state index is 13.5. The van der Waals surface area contributed by atoms with Crippen LogP contribution in [0.3, 0.4) is 0 Å². The van der Waals surface area contributed by atoms with Gasteiger partial charge in [0.1, 0.15) is 11.2 Å². The second-order valence-electron chi connectivity index (χ2n) is 7.89. The minimum Gasteiger partial charge on any atom is -0.310 e. The molecule has 4 rings (SSSR count). The molecule has 8 heteroatoms. The molecule has 0 aliphatic heterocycles. The van der Waals surface area contributed by atoms with Gasteiger partial charge in [-0.2, -0.15) is 5.10 Å². The average molecular weight is 401 g/mol. The second-order valence-corrected chi connectivity index (χ2v) is 7.89. The van der Waals surface area contributed by atoms with Crippen molar-refractivity contribution in [2.45, 2.75) is 56.4 Å². The van der Waals surface area contributed by atoms with Gasteiger partial charge in [-0.1, -0.05) is 18.2 Å².